The van der Waals surface area contributed by atoms with Gasteiger partial charge in [0.1, 0.15) is 24.1 Å². The van der Waals surface area contributed by atoms with Gasteiger partial charge < -0.3 is 25.0 Å². The van der Waals surface area contributed by atoms with Gasteiger partial charge in [0.25, 0.3) is 0 Å². The minimum Gasteiger partial charge on any atom is -0.497 e. The molecule has 0 aliphatic carbocycles. The molecule has 6 rings (SSSR count). The van der Waals surface area contributed by atoms with E-state index in [2.05, 4.69) is 20.3 Å². The third-order valence-corrected chi connectivity index (χ3v) is 7.87. The van der Waals surface area contributed by atoms with Gasteiger partial charge in [-0.05, 0) is 28.8 Å². The van der Waals surface area contributed by atoms with Gasteiger partial charge in [0, 0.05) is 0 Å². The van der Waals surface area contributed by atoms with Crippen molar-refractivity contribution in [3.63, 3.8) is 0 Å². The molecule has 0 radical (unpaired) electrons. The molecule has 4 atom stereocenters. The van der Waals surface area contributed by atoms with Crippen molar-refractivity contribution >= 4 is 17.0 Å². The van der Waals surface area contributed by atoms with E-state index in [1.54, 1.807) is 7.11 Å². The van der Waals surface area contributed by atoms with Crippen LogP contribution in [0, 0.1) is 6.08 Å². The zero-order chi connectivity index (χ0) is 30.2. The molecule has 0 saturated carbocycles. The third kappa shape index (κ3) is 4.67. The minimum absolute atomic E-state index is 0.0161. The predicted molar refractivity (Wildman–Crippen MR) is 151 cm³/mol. The molecule has 1 saturated heterocycles. The Morgan fingerprint density at radius 3 is 2.12 bits per heavy atom. The van der Waals surface area contributed by atoms with Crippen molar-refractivity contribution < 1.29 is 32.9 Å². The Labute approximate surface area is 244 Å². The highest BCUT2D eigenvalue weighted by Crippen LogP contribution is 2.43. The summed E-state index contributed by atoms with van der Waals surface area (Å²) in [5.74, 6) is 0.623. The minimum atomic E-state index is -2.18. The maximum absolute atomic E-state index is 15.3. The van der Waals surface area contributed by atoms with Crippen LogP contribution in [-0.2, 0) is 10.3 Å². The van der Waals surface area contributed by atoms with Crippen LogP contribution in [0.1, 0.15) is 22.9 Å². The van der Waals surface area contributed by atoms with Crippen LogP contribution in [0.4, 0.5) is 19.0 Å². The second-order valence-corrected chi connectivity index (χ2v) is 10.3. The normalized spacial score (nSPS) is 22.1. The number of aromatic nitrogens is 4. The summed E-state index contributed by atoms with van der Waals surface area (Å²) in [5.41, 5.74) is -1.07. The molecule has 1 fully saturated rings. The maximum Gasteiger partial charge on any atom is 0.312 e. The van der Waals surface area contributed by atoms with Gasteiger partial charge in [0.2, 0.25) is 0 Å². The highest BCUT2D eigenvalue weighted by atomic mass is 19.1. The van der Waals surface area contributed by atoms with E-state index in [1.807, 2.05) is 84.9 Å². The van der Waals surface area contributed by atoms with Gasteiger partial charge in [-0.2, -0.15) is 14.4 Å². The smallest absolute Gasteiger partial charge is 0.312 e. The van der Waals surface area contributed by atoms with E-state index in [0.717, 1.165) is 27.6 Å². The number of aliphatic hydroxyl groups excluding tert-OH is 2. The molecule has 3 N–H and O–H groups in total. The first-order chi connectivity index (χ1) is 20.9. The fourth-order valence-electron chi connectivity index (χ4n) is 5.59. The number of benzene rings is 3. The van der Waals surface area contributed by atoms with E-state index in [9.17, 15) is 14.6 Å². The number of alkyl halides is 2. The van der Waals surface area contributed by atoms with E-state index in [4.69, 9.17) is 9.47 Å². The molecule has 2 aromatic heterocycles. The number of methoxy groups -OCH3 is 1. The van der Waals surface area contributed by atoms with Gasteiger partial charge in [-0.1, -0.05) is 72.8 Å². The van der Waals surface area contributed by atoms with Crippen LogP contribution in [0.3, 0.4) is 0 Å². The average molecular weight is 592 g/mol. The molecule has 43 heavy (non-hydrogen) atoms. The Bertz CT molecular complexity index is 1660. The number of nitrogens with one attached hydrogen (secondary N) is 1. The molecule has 3 aromatic carbocycles. The summed E-state index contributed by atoms with van der Waals surface area (Å²) in [6, 6.07) is 26.3. The van der Waals surface area contributed by atoms with Crippen LogP contribution in [0.15, 0.2) is 91.3 Å². The largest absolute Gasteiger partial charge is 0.497 e. The summed E-state index contributed by atoms with van der Waals surface area (Å²) in [5, 5.41) is 23.5. The Balaban J connectivity index is 1.55. The molecular weight excluding hydrogens is 563 g/mol. The van der Waals surface area contributed by atoms with Crippen LogP contribution in [0.5, 0.6) is 5.75 Å². The number of ether oxygens (including phenoxy) is 2. The summed E-state index contributed by atoms with van der Waals surface area (Å²) < 4.78 is 56.2. The Morgan fingerprint density at radius 1 is 0.977 bits per heavy atom. The second-order valence-electron chi connectivity index (χ2n) is 10.3. The van der Waals surface area contributed by atoms with Crippen molar-refractivity contribution in [1.82, 2.24) is 19.5 Å². The molecule has 3 heterocycles. The zero-order valence-corrected chi connectivity index (χ0v) is 22.9. The highest BCUT2D eigenvalue weighted by Gasteiger charge is 2.56. The van der Waals surface area contributed by atoms with Crippen LogP contribution < -0.4 is 10.1 Å². The van der Waals surface area contributed by atoms with Gasteiger partial charge in [0.05, 0.1) is 20.0 Å². The molecule has 1 aliphatic rings. The molecule has 0 amide bonds. The standard InChI is InChI=1S/C31H28F3N5O4/c1-42-22-14-12-21(13-15-22)31(19-8-4-2-5-9-19,20-10-6-3-7-11-20)38-26-24-27(37-29(34)36-26)39(18-35-24)28-23(33)25(41)30(16-32,17-40)43-28/h2-15,18,23,25,28,40-41H,16-17H2,1H3,(H,36,37,38)/t23-,25-,28+,30+/m0/s1. The van der Waals surface area contributed by atoms with Gasteiger partial charge in [0.15, 0.2) is 35.0 Å². The van der Waals surface area contributed by atoms with Crippen molar-refractivity contribution in [2.75, 3.05) is 25.7 Å². The SMILES string of the molecule is COc1ccc(C(Nc2nc(F)nc3c2ncn3[C@@H]2O[C@@](CO)(CF)[C@@H](O)[C@@H]2F)(c2ccccc2)c2ccccc2)cc1. The lowest BCUT2D eigenvalue weighted by atomic mass is 9.77. The number of imidazole rings is 1. The number of hydrogen-bond donors (Lipinski definition) is 3. The Hall–Kier alpha value is -4.52. The maximum atomic E-state index is 15.3. The summed E-state index contributed by atoms with van der Waals surface area (Å²) >= 11 is 0. The van der Waals surface area contributed by atoms with Crippen molar-refractivity contribution in [2.45, 2.75) is 29.6 Å². The quantitative estimate of drug-likeness (QED) is 0.172. The first kappa shape index (κ1) is 28.6. The number of aliphatic hydroxyl groups is 2. The lowest BCUT2D eigenvalue weighted by Crippen LogP contribution is -2.47. The Morgan fingerprint density at radius 2 is 1.58 bits per heavy atom. The van der Waals surface area contributed by atoms with Crippen LogP contribution in [-0.4, -0.2) is 68.0 Å². The summed E-state index contributed by atoms with van der Waals surface area (Å²) in [6.07, 6.45) is -5.77. The van der Waals surface area contributed by atoms with Gasteiger partial charge in [-0.25, -0.2) is 13.8 Å². The molecule has 1 aliphatic heterocycles. The van der Waals surface area contributed by atoms with E-state index >= 15 is 8.78 Å². The molecule has 12 heteroatoms. The summed E-state index contributed by atoms with van der Waals surface area (Å²) in [4.78, 5) is 12.3. The van der Waals surface area contributed by atoms with Crippen molar-refractivity contribution in [3.8, 4) is 5.75 Å². The van der Waals surface area contributed by atoms with Crippen LogP contribution in [0.2, 0.25) is 0 Å². The van der Waals surface area contributed by atoms with E-state index in [1.165, 1.54) is 0 Å². The second kappa shape index (κ2) is 11.3. The van der Waals surface area contributed by atoms with Crippen molar-refractivity contribution in [3.05, 3.63) is 114 Å². The monoisotopic (exact) mass is 591 g/mol. The number of anilines is 1. The number of fused-ring (bicyclic) bond motifs is 1. The fourth-order valence-corrected chi connectivity index (χ4v) is 5.59. The lowest BCUT2D eigenvalue weighted by molar-refractivity contribution is -0.136. The predicted octanol–water partition coefficient (Wildman–Crippen LogP) is 4.31. The summed E-state index contributed by atoms with van der Waals surface area (Å²) in [6.45, 7) is -2.31. The van der Waals surface area contributed by atoms with Gasteiger partial charge in [-0.3, -0.25) is 4.57 Å². The topological polar surface area (TPSA) is 115 Å². The molecule has 0 unspecified atom stereocenters. The van der Waals surface area contributed by atoms with Crippen molar-refractivity contribution in [1.29, 1.82) is 0 Å². The average Bonchev–Trinajstić information content (AvgIpc) is 3.58. The number of hydrogen-bond acceptors (Lipinski definition) is 8. The number of nitrogens with zero attached hydrogens (tertiary/aromatic N) is 4. The summed E-state index contributed by atoms with van der Waals surface area (Å²) in [7, 11) is 1.57. The van der Waals surface area contributed by atoms with E-state index in [0.29, 0.717) is 5.75 Å². The lowest BCUT2D eigenvalue weighted by Gasteiger charge is -2.37. The zero-order valence-electron chi connectivity index (χ0n) is 22.9. The van der Waals surface area contributed by atoms with Crippen LogP contribution >= 0.6 is 0 Å². The van der Waals surface area contributed by atoms with E-state index < -0.39 is 49.0 Å². The highest BCUT2D eigenvalue weighted by molar-refractivity contribution is 5.84. The number of halogens is 3. The Kier molecular flexibility index (Phi) is 7.50. The molecule has 0 bridgehead atoms. The van der Waals surface area contributed by atoms with E-state index in [-0.39, 0.29) is 17.0 Å². The first-order valence-corrected chi connectivity index (χ1v) is 13.5. The van der Waals surface area contributed by atoms with Gasteiger partial charge in [-0.15, -0.1) is 0 Å². The third-order valence-electron chi connectivity index (χ3n) is 7.87. The van der Waals surface area contributed by atoms with Gasteiger partial charge >= 0.3 is 6.08 Å². The molecular formula is C31H28F3N5O4. The van der Waals surface area contributed by atoms with Crippen LogP contribution in [0.25, 0.3) is 11.2 Å². The first-order valence-electron chi connectivity index (χ1n) is 13.5. The fraction of sp³-hybridized carbons (Fsp3) is 0.258. The van der Waals surface area contributed by atoms with Crippen molar-refractivity contribution in [2.24, 2.45) is 0 Å². The molecule has 9 nitrogen and oxygen atoms in total. The molecule has 222 valence electrons. The molecule has 0 spiro atoms. The number of rotatable bonds is 9. The molecule has 5 aromatic rings.